The molecule has 148 valence electrons. The van der Waals surface area contributed by atoms with E-state index in [0.29, 0.717) is 55.0 Å². The number of rotatable bonds is 11. The van der Waals surface area contributed by atoms with Gasteiger partial charge in [0.25, 0.3) is 0 Å². The maximum absolute atomic E-state index is 12.5. The van der Waals surface area contributed by atoms with Crippen LogP contribution in [-0.2, 0) is 17.9 Å². The normalized spacial score (nSPS) is 10.5. The minimum absolute atomic E-state index is 0.0209. The Balaban J connectivity index is 2.22. The summed E-state index contributed by atoms with van der Waals surface area (Å²) < 4.78 is 23.9. The van der Waals surface area contributed by atoms with Crippen molar-refractivity contribution in [1.29, 1.82) is 0 Å². The molecule has 0 radical (unpaired) electrons. The predicted molar refractivity (Wildman–Crippen MR) is 97.2 cm³/mol. The zero-order valence-electron chi connectivity index (χ0n) is 16.2. The van der Waals surface area contributed by atoms with Crippen LogP contribution < -0.4 is 14.2 Å². The van der Waals surface area contributed by atoms with Gasteiger partial charge < -0.3 is 18.9 Å². The van der Waals surface area contributed by atoms with Crippen molar-refractivity contribution in [3.63, 3.8) is 0 Å². The first-order chi connectivity index (χ1) is 13.1. The molecule has 0 atom stereocenters. The van der Waals surface area contributed by atoms with Gasteiger partial charge in [-0.25, -0.2) is 9.48 Å². The fourth-order valence-corrected chi connectivity index (χ4v) is 2.43. The number of hydrogen-bond donors (Lipinski definition) is 0. The third-order valence-electron chi connectivity index (χ3n) is 3.52. The molecule has 0 unspecified atom stereocenters. The second kappa shape index (κ2) is 10.3. The molecule has 0 spiro atoms. The molecular formula is C18H26N4O5. The van der Waals surface area contributed by atoms with Gasteiger partial charge in [-0.1, -0.05) is 6.92 Å². The molecule has 0 saturated heterocycles. The molecule has 9 nitrogen and oxygen atoms in total. The van der Waals surface area contributed by atoms with Crippen molar-refractivity contribution in [1.82, 2.24) is 20.2 Å². The Hall–Kier alpha value is -2.84. The summed E-state index contributed by atoms with van der Waals surface area (Å²) in [6.07, 6.45) is 0.875. The van der Waals surface area contributed by atoms with Crippen LogP contribution >= 0.6 is 0 Å². The van der Waals surface area contributed by atoms with E-state index < -0.39 is 5.97 Å². The molecule has 27 heavy (non-hydrogen) atoms. The van der Waals surface area contributed by atoms with Crippen LogP contribution in [0.25, 0.3) is 0 Å². The molecule has 0 bridgehead atoms. The molecule has 9 heteroatoms. The van der Waals surface area contributed by atoms with Crippen LogP contribution in [0.2, 0.25) is 0 Å². The summed E-state index contributed by atoms with van der Waals surface area (Å²) in [6.45, 7) is 9.54. The molecule has 0 N–H and O–H groups in total. The fourth-order valence-electron chi connectivity index (χ4n) is 2.43. The number of carbonyl (C=O) groups is 1. The van der Waals surface area contributed by atoms with E-state index >= 15 is 0 Å². The number of esters is 1. The Morgan fingerprint density at radius 3 is 2.19 bits per heavy atom. The monoisotopic (exact) mass is 378 g/mol. The van der Waals surface area contributed by atoms with E-state index in [4.69, 9.17) is 18.9 Å². The van der Waals surface area contributed by atoms with Crippen molar-refractivity contribution in [3.8, 4) is 17.2 Å². The second-order valence-electron chi connectivity index (χ2n) is 5.50. The first-order valence-corrected chi connectivity index (χ1v) is 9.13. The van der Waals surface area contributed by atoms with Crippen molar-refractivity contribution in [2.75, 3.05) is 19.8 Å². The highest BCUT2D eigenvalue weighted by Crippen LogP contribution is 2.39. The summed E-state index contributed by atoms with van der Waals surface area (Å²) >= 11 is 0. The van der Waals surface area contributed by atoms with Gasteiger partial charge in [0.15, 0.2) is 23.9 Å². The van der Waals surface area contributed by atoms with Crippen molar-refractivity contribution < 1.29 is 23.7 Å². The van der Waals surface area contributed by atoms with Gasteiger partial charge in [0.2, 0.25) is 5.75 Å². The van der Waals surface area contributed by atoms with Crippen LogP contribution in [0.5, 0.6) is 17.2 Å². The van der Waals surface area contributed by atoms with Gasteiger partial charge in [0.05, 0.1) is 25.4 Å². The van der Waals surface area contributed by atoms with Gasteiger partial charge in [-0.05, 0) is 49.8 Å². The first-order valence-electron chi connectivity index (χ1n) is 9.13. The van der Waals surface area contributed by atoms with Crippen LogP contribution in [0.4, 0.5) is 0 Å². The average molecular weight is 378 g/mol. The van der Waals surface area contributed by atoms with Crippen LogP contribution in [0.3, 0.4) is 0 Å². The van der Waals surface area contributed by atoms with Gasteiger partial charge in [0.1, 0.15) is 0 Å². The Morgan fingerprint density at radius 1 is 1.00 bits per heavy atom. The molecule has 1 aromatic heterocycles. The highest BCUT2D eigenvalue weighted by molar-refractivity contribution is 5.91. The number of carbonyl (C=O) groups excluding carboxylic acids is 1. The summed E-state index contributed by atoms with van der Waals surface area (Å²) in [5.41, 5.74) is 0.305. The summed E-state index contributed by atoms with van der Waals surface area (Å²) in [6, 6.07) is 3.18. The minimum Gasteiger partial charge on any atom is -0.490 e. The fraction of sp³-hybridized carbons (Fsp3) is 0.556. The lowest BCUT2D eigenvalue weighted by Gasteiger charge is -2.16. The highest BCUT2D eigenvalue weighted by atomic mass is 16.5. The molecular weight excluding hydrogens is 352 g/mol. The summed E-state index contributed by atoms with van der Waals surface area (Å²) in [4.78, 5) is 12.5. The lowest BCUT2D eigenvalue weighted by atomic mass is 10.2. The highest BCUT2D eigenvalue weighted by Gasteiger charge is 2.20. The molecule has 0 amide bonds. The molecule has 0 aliphatic rings. The SMILES string of the molecule is CCCn1nnnc1COC(=O)c1cc(OCC)c(OCC)c(OCC)c1. The van der Waals surface area contributed by atoms with Crippen molar-refractivity contribution in [2.45, 2.75) is 47.3 Å². The predicted octanol–water partition coefficient (Wildman–Crippen LogP) is 2.64. The summed E-state index contributed by atoms with van der Waals surface area (Å²) in [5.74, 6) is 1.32. The van der Waals surface area contributed by atoms with Gasteiger partial charge in [-0.15, -0.1) is 5.10 Å². The molecule has 1 heterocycles. The van der Waals surface area contributed by atoms with Crippen LogP contribution in [0.15, 0.2) is 12.1 Å². The van der Waals surface area contributed by atoms with Crippen molar-refractivity contribution in [3.05, 3.63) is 23.5 Å². The zero-order valence-corrected chi connectivity index (χ0v) is 16.2. The molecule has 0 saturated carbocycles. The summed E-state index contributed by atoms with van der Waals surface area (Å²) in [5, 5.41) is 11.4. The number of aromatic nitrogens is 4. The number of hydrogen-bond acceptors (Lipinski definition) is 8. The zero-order chi connectivity index (χ0) is 19.6. The molecule has 2 rings (SSSR count). The van der Waals surface area contributed by atoms with Gasteiger partial charge in [0, 0.05) is 6.54 Å². The average Bonchev–Trinajstić information content (AvgIpc) is 3.10. The summed E-state index contributed by atoms with van der Waals surface area (Å²) in [7, 11) is 0. The van der Waals surface area contributed by atoms with E-state index in [1.807, 2.05) is 27.7 Å². The standard InChI is InChI=1S/C18H26N4O5/c1-5-9-22-16(19-20-21-22)12-27-18(23)13-10-14(24-6-2)17(26-8-4)15(11-13)25-7-3/h10-11H,5-9,12H2,1-4H3. The molecule has 0 aliphatic carbocycles. The lowest BCUT2D eigenvalue weighted by Crippen LogP contribution is -2.12. The van der Waals surface area contributed by atoms with E-state index in [0.717, 1.165) is 6.42 Å². The van der Waals surface area contributed by atoms with Crippen LogP contribution in [0, 0.1) is 0 Å². The second-order valence-corrected chi connectivity index (χ2v) is 5.50. The van der Waals surface area contributed by atoms with Crippen molar-refractivity contribution >= 4 is 5.97 Å². The number of tetrazole rings is 1. The first kappa shape index (κ1) is 20.5. The quantitative estimate of drug-likeness (QED) is 0.551. The molecule has 0 aliphatic heterocycles. The largest absolute Gasteiger partial charge is 0.490 e. The van der Waals surface area contributed by atoms with Gasteiger partial charge in [-0.3, -0.25) is 0 Å². The van der Waals surface area contributed by atoms with Crippen molar-refractivity contribution in [2.24, 2.45) is 0 Å². The Bertz CT molecular complexity index is 720. The maximum Gasteiger partial charge on any atom is 0.338 e. The molecule has 0 fully saturated rings. The minimum atomic E-state index is -0.522. The Kier molecular flexibility index (Phi) is 7.84. The molecule has 1 aromatic carbocycles. The number of ether oxygens (including phenoxy) is 4. The number of nitrogens with zero attached hydrogens (tertiary/aromatic N) is 4. The van der Waals surface area contributed by atoms with E-state index in [-0.39, 0.29) is 6.61 Å². The number of benzene rings is 1. The number of aryl methyl sites for hydroxylation is 1. The topological polar surface area (TPSA) is 97.6 Å². The maximum atomic E-state index is 12.5. The van der Waals surface area contributed by atoms with E-state index in [1.165, 1.54) is 0 Å². The van der Waals surface area contributed by atoms with E-state index in [1.54, 1.807) is 16.8 Å². The Labute approximate surface area is 158 Å². The van der Waals surface area contributed by atoms with Crippen LogP contribution in [0.1, 0.15) is 50.3 Å². The van der Waals surface area contributed by atoms with Gasteiger partial charge >= 0.3 is 5.97 Å². The molecule has 2 aromatic rings. The van der Waals surface area contributed by atoms with E-state index in [2.05, 4.69) is 15.5 Å². The van der Waals surface area contributed by atoms with E-state index in [9.17, 15) is 4.79 Å². The smallest absolute Gasteiger partial charge is 0.338 e. The van der Waals surface area contributed by atoms with Crippen LogP contribution in [-0.4, -0.2) is 46.0 Å². The van der Waals surface area contributed by atoms with Gasteiger partial charge in [-0.2, -0.15) is 0 Å². The lowest BCUT2D eigenvalue weighted by molar-refractivity contribution is 0.0455. The third kappa shape index (κ3) is 5.32. The Morgan fingerprint density at radius 2 is 1.63 bits per heavy atom. The third-order valence-corrected chi connectivity index (χ3v) is 3.52.